The van der Waals surface area contributed by atoms with Crippen LogP contribution < -0.4 is 10.6 Å². The minimum atomic E-state index is 0. The lowest BCUT2D eigenvalue weighted by molar-refractivity contribution is 0.0940. The van der Waals surface area contributed by atoms with Crippen molar-refractivity contribution in [2.75, 3.05) is 13.1 Å². The molecule has 100 valence electrons. The van der Waals surface area contributed by atoms with E-state index in [0.29, 0.717) is 5.92 Å². The monoisotopic (exact) mass is 268 g/mol. The number of halogens is 1. The predicted octanol–water partition coefficient (Wildman–Crippen LogP) is 2.32. The largest absolute Gasteiger partial charge is 0.348 e. The van der Waals surface area contributed by atoms with Crippen LogP contribution in [0.4, 0.5) is 0 Å². The van der Waals surface area contributed by atoms with Gasteiger partial charge in [0.2, 0.25) is 0 Å². The average molecular weight is 269 g/mol. The molecule has 1 saturated heterocycles. The first-order chi connectivity index (χ1) is 8.16. The molecule has 0 aliphatic carbocycles. The number of benzene rings is 1. The van der Waals surface area contributed by atoms with Gasteiger partial charge in [0.1, 0.15) is 0 Å². The van der Waals surface area contributed by atoms with Crippen LogP contribution in [0.1, 0.15) is 42.1 Å². The number of carbonyl (C=O) groups excluding carboxylic acids is 1. The van der Waals surface area contributed by atoms with Crippen LogP contribution in [-0.2, 0) is 0 Å². The number of hydrogen-bond donors (Lipinski definition) is 2. The zero-order chi connectivity index (χ0) is 12.3. The van der Waals surface area contributed by atoms with E-state index in [1.165, 1.54) is 5.56 Å². The van der Waals surface area contributed by atoms with Crippen molar-refractivity contribution >= 4 is 18.3 Å². The average Bonchev–Trinajstić information content (AvgIpc) is 2.82. The highest BCUT2D eigenvalue weighted by molar-refractivity contribution is 5.94. The van der Waals surface area contributed by atoms with Crippen molar-refractivity contribution < 1.29 is 4.79 Å². The Labute approximate surface area is 115 Å². The molecule has 1 unspecified atom stereocenters. The summed E-state index contributed by atoms with van der Waals surface area (Å²) in [4.78, 5) is 11.9. The Morgan fingerprint density at radius 2 is 2.00 bits per heavy atom. The molecule has 1 fully saturated rings. The van der Waals surface area contributed by atoms with Gasteiger partial charge in [-0.15, -0.1) is 12.4 Å². The van der Waals surface area contributed by atoms with Gasteiger partial charge in [0, 0.05) is 18.2 Å². The molecule has 4 heteroatoms. The quantitative estimate of drug-likeness (QED) is 0.883. The Kier molecular flexibility index (Phi) is 5.63. The minimum Gasteiger partial charge on any atom is -0.348 e. The van der Waals surface area contributed by atoms with E-state index in [-0.39, 0.29) is 24.4 Å². The normalized spacial score (nSPS) is 18.5. The van der Waals surface area contributed by atoms with Gasteiger partial charge in [-0.05, 0) is 36.6 Å². The smallest absolute Gasteiger partial charge is 0.251 e. The van der Waals surface area contributed by atoms with E-state index < -0.39 is 0 Å². The Morgan fingerprint density at radius 1 is 1.33 bits per heavy atom. The number of amides is 1. The van der Waals surface area contributed by atoms with Crippen LogP contribution in [0.2, 0.25) is 0 Å². The van der Waals surface area contributed by atoms with Crippen LogP contribution in [-0.4, -0.2) is 25.0 Å². The maximum atomic E-state index is 11.9. The standard InChI is InChI=1S/C14H20N2O.ClH/c1-10(2)11-3-5-12(6-4-11)14(17)16-13-7-8-15-9-13;/h3-6,10,13,15H,7-9H2,1-2H3,(H,16,17);1H. The molecule has 2 rings (SSSR count). The van der Waals surface area contributed by atoms with Crippen molar-refractivity contribution in [3.05, 3.63) is 35.4 Å². The van der Waals surface area contributed by atoms with Gasteiger partial charge in [-0.2, -0.15) is 0 Å². The van der Waals surface area contributed by atoms with E-state index >= 15 is 0 Å². The van der Waals surface area contributed by atoms with E-state index in [2.05, 4.69) is 24.5 Å². The number of nitrogens with one attached hydrogen (secondary N) is 2. The van der Waals surface area contributed by atoms with Gasteiger partial charge < -0.3 is 10.6 Å². The summed E-state index contributed by atoms with van der Waals surface area (Å²) in [7, 11) is 0. The van der Waals surface area contributed by atoms with Crippen molar-refractivity contribution in [3.63, 3.8) is 0 Å². The highest BCUT2D eigenvalue weighted by Crippen LogP contribution is 2.14. The zero-order valence-electron chi connectivity index (χ0n) is 10.9. The molecule has 1 aliphatic heterocycles. The Bertz CT molecular complexity index is 383. The summed E-state index contributed by atoms with van der Waals surface area (Å²) in [6.45, 7) is 6.19. The van der Waals surface area contributed by atoms with E-state index in [1.807, 2.05) is 24.3 Å². The molecular formula is C14H21ClN2O. The van der Waals surface area contributed by atoms with E-state index in [0.717, 1.165) is 25.1 Å². The lowest BCUT2D eigenvalue weighted by Crippen LogP contribution is -2.36. The first-order valence-corrected chi connectivity index (χ1v) is 6.28. The van der Waals surface area contributed by atoms with Crippen LogP contribution in [0, 0.1) is 0 Å². The van der Waals surface area contributed by atoms with Crippen molar-refractivity contribution in [3.8, 4) is 0 Å². The van der Waals surface area contributed by atoms with Gasteiger partial charge in [-0.25, -0.2) is 0 Å². The van der Waals surface area contributed by atoms with E-state index in [4.69, 9.17) is 0 Å². The van der Waals surface area contributed by atoms with Gasteiger partial charge in [0.15, 0.2) is 0 Å². The first-order valence-electron chi connectivity index (χ1n) is 6.28. The molecule has 1 atom stereocenters. The summed E-state index contributed by atoms with van der Waals surface area (Å²) in [5.74, 6) is 0.542. The molecule has 1 aliphatic rings. The van der Waals surface area contributed by atoms with Crippen LogP contribution in [0.25, 0.3) is 0 Å². The summed E-state index contributed by atoms with van der Waals surface area (Å²) in [6.07, 6.45) is 1.02. The zero-order valence-corrected chi connectivity index (χ0v) is 11.7. The molecule has 18 heavy (non-hydrogen) atoms. The van der Waals surface area contributed by atoms with E-state index in [1.54, 1.807) is 0 Å². The second-order valence-electron chi connectivity index (χ2n) is 4.94. The van der Waals surface area contributed by atoms with Crippen LogP contribution in [0.5, 0.6) is 0 Å². The topological polar surface area (TPSA) is 41.1 Å². The second-order valence-corrected chi connectivity index (χ2v) is 4.94. The maximum Gasteiger partial charge on any atom is 0.251 e. The predicted molar refractivity (Wildman–Crippen MR) is 76.5 cm³/mol. The summed E-state index contributed by atoms with van der Waals surface area (Å²) in [5.41, 5.74) is 2.02. The first kappa shape index (κ1) is 15.0. The fourth-order valence-corrected chi connectivity index (χ4v) is 2.07. The lowest BCUT2D eigenvalue weighted by Gasteiger charge is -2.12. The van der Waals surface area contributed by atoms with Crippen molar-refractivity contribution in [2.45, 2.75) is 32.2 Å². The minimum absolute atomic E-state index is 0. The molecule has 0 spiro atoms. The fraction of sp³-hybridized carbons (Fsp3) is 0.500. The summed E-state index contributed by atoms with van der Waals surface area (Å²) in [6, 6.07) is 8.17. The van der Waals surface area contributed by atoms with E-state index in [9.17, 15) is 4.79 Å². The molecule has 1 aromatic carbocycles. The third-order valence-corrected chi connectivity index (χ3v) is 3.24. The molecular weight excluding hydrogens is 248 g/mol. The number of hydrogen-bond acceptors (Lipinski definition) is 2. The third kappa shape index (κ3) is 3.72. The molecule has 1 heterocycles. The molecule has 3 nitrogen and oxygen atoms in total. The summed E-state index contributed by atoms with van der Waals surface area (Å²) in [5, 5.41) is 6.28. The highest BCUT2D eigenvalue weighted by Gasteiger charge is 2.17. The molecule has 0 aromatic heterocycles. The van der Waals surface area contributed by atoms with Gasteiger partial charge in [-0.1, -0.05) is 26.0 Å². The molecule has 1 aromatic rings. The Hall–Kier alpha value is -1.06. The van der Waals surface area contributed by atoms with Crippen LogP contribution >= 0.6 is 12.4 Å². The Morgan fingerprint density at radius 3 is 2.50 bits per heavy atom. The van der Waals surface area contributed by atoms with Crippen molar-refractivity contribution in [1.29, 1.82) is 0 Å². The number of rotatable bonds is 3. The van der Waals surface area contributed by atoms with Crippen molar-refractivity contribution in [1.82, 2.24) is 10.6 Å². The highest BCUT2D eigenvalue weighted by atomic mass is 35.5. The third-order valence-electron chi connectivity index (χ3n) is 3.24. The fourth-order valence-electron chi connectivity index (χ4n) is 2.07. The molecule has 2 N–H and O–H groups in total. The summed E-state index contributed by atoms with van der Waals surface area (Å²) < 4.78 is 0. The molecule has 1 amide bonds. The summed E-state index contributed by atoms with van der Waals surface area (Å²) >= 11 is 0. The van der Waals surface area contributed by atoms with Gasteiger partial charge in [0.05, 0.1) is 0 Å². The maximum absolute atomic E-state index is 11.9. The SMILES string of the molecule is CC(C)c1ccc(C(=O)NC2CCNC2)cc1.Cl. The van der Waals surface area contributed by atoms with Gasteiger partial charge >= 0.3 is 0 Å². The second kappa shape index (κ2) is 6.76. The van der Waals surface area contributed by atoms with Crippen LogP contribution in [0.3, 0.4) is 0 Å². The van der Waals surface area contributed by atoms with Gasteiger partial charge in [-0.3, -0.25) is 4.79 Å². The Balaban J connectivity index is 0.00000162. The van der Waals surface area contributed by atoms with Crippen LogP contribution in [0.15, 0.2) is 24.3 Å². The molecule has 0 bridgehead atoms. The number of carbonyl (C=O) groups is 1. The lowest BCUT2D eigenvalue weighted by atomic mass is 10.0. The van der Waals surface area contributed by atoms with Crippen molar-refractivity contribution in [2.24, 2.45) is 0 Å². The van der Waals surface area contributed by atoms with Gasteiger partial charge in [0.25, 0.3) is 5.91 Å². The molecule has 0 saturated carbocycles. The molecule has 0 radical (unpaired) electrons.